The van der Waals surface area contributed by atoms with Crippen LogP contribution in [0.15, 0.2) is 48.7 Å². The van der Waals surface area contributed by atoms with E-state index in [-0.39, 0.29) is 52.9 Å². The van der Waals surface area contributed by atoms with E-state index in [9.17, 15) is 27.5 Å². The molecule has 198 valence electrons. The summed E-state index contributed by atoms with van der Waals surface area (Å²) in [4.78, 5) is 27.1. The normalized spacial score (nSPS) is 14.4. The molecule has 1 saturated heterocycles. The number of carbonyl (C=O) groups is 1. The molecule has 1 aliphatic rings. The number of fused-ring (bicyclic) bond motifs is 1. The zero-order valence-corrected chi connectivity index (χ0v) is 20.1. The number of aromatic hydroxyl groups is 1. The first-order valence-electron chi connectivity index (χ1n) is 11.9. The summed E-state index contributed by atoms with van der Waals surface area (Å²) < 4.78 is 53.9. The maximum atomic E-state index is 14.4. The number of piperazine rings is 1. The first kappa shape index (κ1) is 25.5. The van der Waals surface area contributed by atoms with Crippen molar-refractivity contribution in [1.29, 1.82) is 0 Å². The van der Waals surface area contributed by atoms with Crippen molar-refractivity contribution in [3.8, 4) is 17.3 Å². The second kappa shape index (κ2) is 10.7. The number of amides is 1. The van der Waals surface area contributed by atoms with E-state index in [0.29, 0.717) is 31.9 Å². The number of alkyl halides is 2. The van der Waals surface area contributed by atoms with Gasteiger partial charge >= 0.3 is 0 Å². The summed E-state index contributed by atoms with van der Waals surface area (Å²) in [7, 11) is 0. The largest absolute Gasteiger partial charge is 0.494 e. The lowest BCUT2D eigenvalue weighted by Gasteiger charge is -2.34. The molecule has 5 rings (SSSR count). The lowest BCUT2D eigenvalue weighted by atomic mass is 10.1. The molecule has 0 spiro atoms. The van der Waals surface area contributed by atoms with Crippen molar-refractivity contribution in [3.63, 3.8) is 0 Å². The van der Waals surface area contributed by atoms with Crippen LogP contribution >= 0.6 is 0 Å². The number of carbonyl (C=O) groups excluding carboxylic acids is 1. The molecule has 0 unspecified atom stereocenters. The second-order valence-corrected chi connectivity index (χ2v) is 8.96. The number of halogens is 4. The number of aromatic nitrogens is 3. The van der Waals surface area contributed by atoms with Crippen LogP contribution < -0.4 is 5.32 Å². The van der Waals surface area contributed by atoms with Crippen LogP contribution in [0.2, 0.25) is 0 Å². The van der Waals surface area contributed by atoms with Crippen LogP contribution in [-0.4, -0.2) is 74.9 Å². The molecule has 2 aromatic heterocycles. The number of H-pyrrole nitrogens is 1. The smallest absolute Gasteiger partial charge is 0.251 e. The Hall–Kier alpha value is -4.19. The van der Waals surface area contributed by atoms with Crippen molar-refractivity contribution in [1.82, 2.24) is 24.8 Å². The van der Waals surface area contributed by atoms with E-state index in [2.05, 4.69) is 20.3 Å². The summed E-state index contributed by atoms with van der Waals surface area (Å²) in [6.07, 6.45) is -0.833. The van der Waals surface area contributed by atoms with E-state index in [4.69, 9.17) is 0 Å². The topological polar surface area (TPSA) is 97.4 Å². The third kappa shape index (κ3) is 5.40. The average molecular weight is 529 g/mol. The fourth-order valence-electron chi connectivity index (χ4n) is 4.44. The zero-order chi connectivity index (χ0) is 26.8. The van der Waals surface area contributed by atoms with Gasteiger partial charge in [0.25, 0.3) is 6.43 Å². The van der Waals surface area contributed by atoms with Crippen molar-refractivity contribution < 1.29 is 27.5 Å². The predicted molar refractivity (Wildman–Crippen MR) is 133 cm³/mol. The summed E-state index contributed by atoms with van der Waals surface area (Å²) in [5.41, 5.74) is 1.18. The van der Waals surface area contributed by atoms with Gasteiger partial charge in [-0.25, -0.2) is 27.5 Å². The summed E-state index contributed by atoms with van der Waals surface area (Å²) in [6.45, 7) is 1.35. The molecule has 1 amide bonds. The molecule has 3 heterocycles. The fraction of sp³-hybridized carbons (Fsp3) is 0.269. The molecule has 0 saturated carbocycles. The summed E-state index contributed by atoms with van der Waals surface area (Å²) in [5.74, 6) is -1.99. The number of aromatic amines is 1. The van der Waals surface area contributed by atoms with Gasteiger partial charge in [-0.15, -0.1) is 0 Å². The van der Waals surface area contributed by atoms with Gasteiger partial charge in [-0.2, -0.15) is 0 Å². The van der Waals surface area contributed by atoms with Crippen LogP contribution in [-0.2, 0) is 11.2 Å². The molecule has 38 heavy (non-hydrogen) atoms. The van der Waals surface area contributed by atoms with E-state index >= 15 is 0 Å². The van der Waals surface area contributed by atoms with Crippen LogP contribution in [0.4, 0.5) is 29.1 Å². The molecule has 0 radical (unpaired) electrons. The van der Waals surface area contributed by atoms with Gasteiger partial charge in [0.05, 0.1) is 24.0 Å². The number of hydrogen-bond acceptors (Lipinski definition) is 6. The first-order chi connectivity index (χ1) is 18.3. The second-order valence-electron chi connectivity index (χ2n) is 8.96. The summed E-state index contributed by atoms with van der Waals surface area (Å²) in [5, 5.41) is 13.6. The monoisotopic (exact) mass is 528 g/mol. The Bertz CT molecular complexity index is 1430. The highest BCUT2D eigenvalue weighted by Gasteiger charge is 2.23. The number of hydrogen-bond donors (Lipinski definition) is 3. The van der Waals surface area contributed by atoms with Crippen LogP contribution in [0.3, 0.4) is 0 Å². The van der Waals surface area contributed by atoms with E-state index < -0.39 is 18.1 Å². The molecule has 1 fully saturated rings. The van der Waals surface area contributed by atoms with E-state index in [1.165, 1.54) is 12.3 Å². The van der Waals surface area contributed by atoms with Gasteiger partial charge < -0.3 is 20.3 Å². The molecule has 0 bridgehead atoms. The summed E-state index contributed by atoms with van der Waals surface area (Å²) in [6, 6.07) is 10.4. The predicted octanol–water partition coefficient (Wildman–Crippen LogP) is 4.30. The van der Waals surface area contributed by atoms with E-state index in [1.807, 2.05) is 0 Å². The standard InChI is InChI=1S/C26H24F4N6O2/c27-17-2-1-3-18(28)22(17)24-33-19-13-31-26(38)23(19)25(34-24)32-16-6-4-15(5-7-16)12-21(37)36-10-8-35(9-11-36)14-20(29)30/h1-7,13,20,31,38H,8-12,14H2,(H,32,33,34). The molecule has 2 aromatic carbocycles. The highest BCUT2D eigenvalue weighted by molar-refractivity contribution is 5.96. The quantitative estimate of drug-likeness (QED) is 0.310. The number of benzene rings is 2. The number of nitrogens with one attached hydrogen (secondary N) is 2. The van der Waals surface area contributed by atoms with Crippen molar-refractivity contribution in [2.45, 2.75) is 12.8 Å². The Morgan fingerprint density at radius 2 is 1.71 bits per heavy atom. The Morgan fingerprint density at radius 1 is 1.03 bits per heavy atom. The fourth-order valence-corrected chi connectivity index (χ4v) is 4.44. The molecule has 3 N–H and O–H groups in total. The highest BCUT2D eigenvalue weighted by Crippen LogP contribution is 2.34. The maximum Gasteiger partial charge on any atom is 0.251 e. The lowest BCUT2D eigenvalue weighted by molar-refractivity contribution is -0.132. The van der Waals surface area contributed by atoms with Crippen LogP contribution in [0.1, 0.15) is 5.56 Å². The minimum Gasteiger partial charge on any atom is -0.494 e. The van der Waals surface area contributed by atoms with Gasteiger partial charge in [-0.3, -0.25) is 9.69 Å². The first-order valence-corrected chi connectivity index (χ1v) is 11.9. The molecule has 8 nitrogen and oxygen atoms in total. The van der Waals surface area contributed by atoms with Crippen LogP contribution in [0.25, 0.3) is 22.3 Å². The molecular formula is C26H24F4N6O2. The van der Waals surface area contributed by atoms with E-state index in [0.717, 1.165) is 17.7 Å². The minimum absolute atomic E-state index is 0.0892. The van der Waals surface area contributed by atoms with Gasteiger partial charge in [0.1, 0.15) is 22.8 Å². The molecule has 0 atom stereocenters. The van der Waals surface area contributed by atoms with Crippen LogP contribution in [0.5, 0.6) is 5.88 Å². The number of rotatable bonds is 7. The van der Waals surface area contributed by atoms with Crippen molar-refractivity contribution in [2.75, 3.05) is 38.0 Å². The Kier molecular flexibility index (Phi) is 7.14. The van der Waals surface area contributed by atoms with Crippen molar-refractivity contribution in [2.24, 2.45) is 0 Å². The van der Waals surface area contributed by atoms with Crippen LogP contribution in [0, 0.1) is 11.6 Å². The molecule has 0 aliphatic carbocycles. The maximum absolute atomic E-state index is 14.4. The molecule has 1 aliphatic heterocycles. The average Bonchev–Trinajstić information content (AvgIpc) is 3.26. The van der Waals surface area contributed by atoms with Crippen molar-refractivity contribution in [3.05, 3.63) is 65.9 Å². The Balaban J connectivity index is 1.31. The highest BCUT2D eigenvalue weighted by atomic mass is 19.3. The lowest BCUT2D eigenvalue weighted by Crippen LogP contribution is -2.50. The summed E-state index contributed by atoms with van der Waals surface area (Å²) >= 11 is 0. The molecular weight excluding hydrogens is 504 g/mol. The Morgan fingerprint density at radius 3 is 2.37 bits per heavy atom. The van der Waals surface area contributed by atoms with Crippen molar-refractivity contribution >= 4 is 28.3 Å². The van der Waals surface area contributed by atoms with Gasteiger partial charge in [-0.1, -0.05) is 18.2 Å². The molecule has 4 aromatic rings. The third-order valence-corrected chi connectivity index (χ3v) is 6.40. The minimum atomic E-state index is -2.39. The van der Waals surface area contributed by atoms with Gasteiger partial charge in [0.2, 0.25) is 11.8 Å². The third-order valence-electron chi connectivity index (χ3n) is 6.40. The number of anilines is 2. The van der Waals surface area contributed by atoms with Gasteiger partial charge in [0, 0.05) is 38.1 Å². The SMILES string of the molecule is O=C(Cc1ccc(Nc2nc(-c3c(F)cccc3F)nc3c[nH]c(O)c23)cc1)N1CCN(CC(F)F)CC1. The van der Waals surface area contributed by atoms with Gasteiger partial charge in [0.15, 0.2) is 5.82 Å². The van der Waals surface area contributed by atoms with Gasteiger partial charge in [-0.05, 0) is 29.8 Å². The molecule has 12 heteroatoms. The van der Waals surface area contributed by atoms with E-state index in [1.54, 1.807) is 34.1 Å². The number of nitrogens with zero attached hydrogens (tertiary/aromatic N) is 4. The Labute approximate surface area is 214 Å². The zero-order valence-electron chi connectivity index (χ0n) is 20.1.